The van der Waals surface area contributed by atoms with Crippen LogP contribution >= 0.6 is 24.0 Å². The number of aromatic nitrogens is 2. The second-order valence-electron chi connectivity index (χ2n) is 7.45. The smallest absolute Gasteiger partial charge is 0.191 e. The quantitative estimate of drug-likeness (QED) is 0.378. The summed E-state index contributed by atoms with van der Waals surface area (Å²) in [6, 6.07) is 1.96. The van der Waals surface area contributed by atoms with Gasteiger partial charge in [-0.3, -0.25) is 14.6 Å². The molecule has 6 nitrogen and oxygen atoms in total. The zero-order valence-electron chi connectivity index (χ0n) is 16.1. The Kier molecular flexibility index (Phi) is 9.18. The Balaban J connectivity index is 0.00000243. The van der Waals surface area contributed by atoms with Gasteiger partial charge in [0.2, 0.25) is 0 Å². The zero-order chi connectivity index (χ0) is 17.4. The van der Waals surface area contributed by atoms with E-state index in [0.29, 0.717) is 5.54 Å². The van der Waals surface area contributed by atoms with Crippen molar-refractivity contribution in [3.63, 3.8) is 0 Å². The third-order valence-electron chi connectivity index (χ3n) is 5.81. The summed E-state index contributed by atoms with van der Waals surface area (Å²) >= 11 is 0. The summed E-state index contributed by atoms with van der Waals surface area (Å²) in [7, 11) is 1.86. The summed E-state index contributed by atoms with van der Waals surface area (Å²) in [6.07, 6.45) is 14.7. The molecule has 1 aliphatic heterocycles. The number of rotatable bonds is 6. The van der Waals surface area contributed by atoms with Crippen molar-refractivity contribution in [2.75, 3.05) is 33.2 Å². The molecule has 0 atom stereocenters. The fraction of sp³-hybridized carbons (Fsp3) is 0.789. The first-order valence-corrected chi connectivity index (χ1v) is 9.99. The molecule has 2 N–H and O–H groups in total. The average Bonchev–Trinajstić information content (AvgIpc) is 3.19. The normalized spacial score (nSPS) is 21.0. The molecule has 2 fully saturated rings. The van der Waals surface area contributed by atoms with Gasteiger partial charge in [-0.2, -0.15) is 5.10 Å². The second kappa shape index (κ2) is 11.1. The highest BCUT2D eigenvalue weighted by Gasteiger charge is 2.38. The Morgan fingerprint density at radius 1 is 1.08 bits per heavy atom. The summed E-state index contributed by atoms with van der Waals surface area (Å²) < 4.78 is 1.94. The molecular formula is C19H35IN6. The minimum atomic E-state index is 0. The lowest BCUT2D eigenvalue weighted by Gasteiger charge is -2.48. The standard InChI is InChI=1S/C19H34N6.HI/c1-20-18(21-12-16-25-15-8-11-23-25)22-17-19(9-4-2-5-10-19)24-13-6-3-7-14-24;/h8,11,15H,2-7,9-10,12-14,16-17H2,1H3,(H2,20,21,22);1H. The van der Waals surface area contributed by atoms with Crippen molar-refractivity contribution in [1.82, 2.24) is 25.3 Å². The highest BCUT2D eigenvalue weighted by atomic mass is 127. The number of aliphatic imine (C=N–C) groups is 1. The predicted molar refractivity (Wildman–Crippen MR) is 118 cm³/mol. The number of halogens is 1. The number of nitrogens with one attached hydrogen (secondary N) is 2. The molecule has 0 aromatic carbocycles. The van der Waals surface area contributed by atoms with E-state index in [1.165, 1.54) is 64.5 Å². The molecular weight excluding hydrogens is 439 g/mol. The maximum atomic E-state index is 4.41. The van der Waals surface area contributed by atoms with Gasteiger partial charge in [0, 0.05) is 38.1 Å². The lowest BCUT2D eigenvalue weighted by molar-refractivity contribution is 0.0368. The maximum Gasteiger partial charge on any atom is 0.191 e. The fourth-order valence-corrected chi connectivity index (χ4v) is 4.37. The monoisotopic (exact) mass is 474 g/mol. The van der Waals surface area contributed by atoms with E-state index < -0.39 is 0 Å². The summed E-state index contributed by atoms with van der Waals surface area (Å²) in [5.74, 6) is 0.911. The van der Waals surface area contributed by atoms with Crippen LogP contribution in [0.2, 0.25) is 0 Å². The third kappa shape index (κ3) is 5.84. The summed E-state index contributed by atoms with van der Waals surface area (Å²) in [5, 5.41) is 11.3. The van der Waals surface area contributed by atoms with Crippen LogP contribution in [0.5, 0.6) is 0 Å². The van der Waals surface area contributed by atoms with Crippen LogP contribution < -0.4 is 10.6 Å². The number of guanidine groups is 1. The topological polar surface area (TPSA) is 57.5 Å². The number of nitrogens with zero attached hydrogens (tertiary/aromatic N) is 4. The Morgan fingerprint density at radius 3 is 2.46 bits per heavy atom. The van der Waals surface area contributed by atoms with E-state index in [4.69, 9.17) is 0 Å². The lowest BCUT2D eigenvalue weighted by atomic mass is 9.79. The molecule has 0 unspecified atom stereocenters. The van der Waals surface area contributed by atoms with Crippen LogP contribution in [0.1, 0.15) is 51.4 Å². The van der Waals surface area contributed by atoms with E-state index in [1.54, 1.807) is 0 Å². The van der Waals surface area contributed by atoms with Gasteiger partial charge in [-0.05, 0) is 44.8 Å². The van der Waals surface area contributed by atoms with Crippen LogP contribution in [-0.2, 0) is 6.54 Å². The largest absolute Gasteiger partial charge is 0.355 e. The number of likely N-dealkylation sites (tertiary alicyclic amines) is 1. The van der Waals surface area contributed by atoms with Gasteiger partial charge in [0.25, 0.3) is 0 Å². The highest BCUT2D eigenvalue weighted by Crippen LogP contribution is 2.35. The van der Waals surface area contributed by atoms with Gasteiger partial charge in [-0.1, -0.05) is 25.7 Å². The van der Waals surface area contributed by atoms with Crippen molar-refractivity contribution < 1.29 is 0 Å². The summed E-state index contributed by atoms with van der Waals surface area (Å²) in [5.41, 5.74) is 0.332. The van der Waals surface area contributed by atoms with E-state index in [-0.39, 0.29) is 24.0 Å². The molecule has 7 heteroatoms. The first-order chi connectivity index (χ1) is 12.3. The Bertz CT molecular complexity index is 518. The highest BCUT2D eigenvalue weighted by molar-refractivity contribution is 14.0. The van der Waals surface area contributed by atoms with Crippen molar-refractivity contribution >= 4 is 29.9 Å². The molecule has 1 aromatic rings. The molecule has 1 saturated carbocycles. The number of hydrogen-bond donors (Lipinski definition) is 2. The van der Waals surface area contributed by atoms with Crippen LogP contribution in [0, 0.1) is 0 Å². The van der Waals surface area contributed by atoms with Crippen LogP contribution in [0.4, 0.5) is 0 Å². The molecule has 2 heterocycles. The van der Waals surface area contributed by atoms with Gasteiger partial charge in [0.1, 0.15) is 0 Å². The molecule has 1 aliphatic carbocycles. The Labute approximate surface area is 175 Å². The van der Waals surface area contributed by atoms with Crippen LogP contribution in [0.15, 0.2) is 23.5 Å². The molecule has 2 aliphatic rings. The third-order valence-corrected chi connectivity index (χ3v) is 5.81. The molecule has 26 heavy (non-hydrogen) atoms. The van der Waals surface area contributed by atoms with Gasteiger partial charge in [0.15, 0.2) is 5.96 Å². The average molecular weight is 474 g/mol. The minimum absolute atomic E-state index is 0. The van der Waals surface area contributed by atoms with Gasteiger partial charge < -0.3 is 10.6 Å². The molecule has 1 saturated heterocycles. The van der Waals surface area contributed by atoms with Crippen LogP contribution in [-0.4, -0.2) is 59.4 Å². The first-order valence-electron chi connectivity index (χ1n) is 9.99. The van der Waals surface area contributed by atoms with E-state index in [1.807, 2.05) is 30.2 Å². The molecule has 0 spiro atoms. The first kappa shape index (κ1) is 21.5. The summed E-state index contributed by atoms with van der Waals surface area (Å²) in [4.78, 5) is 7.19. The molecule has 148 valence electrons. The van der Waals surface area contributed by atoms with E-state index >= 15 is 0 Å². The summed E-state index contributed by atoms with van der Waals surface area (Å²) in [6.45, 7) is 5.23. The molecule has 0 radical (unpaired) electrons. The lowest BCUT2D eigenvalue weighted by Crippen LogP contribution is -2.59. The van der Waals surface area contributed by atoms with Gasteiger partial charge in [0.05, 0.1) is 6.54 Å². The van der Waals surface area contributed by atoms with Crippen molar-refractivity contribution in [2.24, 2.45) is 4.99 Å². The molecule has 0 bridgehead atoms. The maximum absolute atomic E-state index is 4.41. The van der Waals surface area contributed by atoms with Crippen molar-refractivity contribution in [3.05, 3.63) is 18.5 Å². The SMILES string of the molecule is CN=C(NCCn1cccn1)NCC1(N2CCCCC2)CCCCC1.I. The van der Waals surface area contributed by atoms with E-state index in [2.05, 4.69) is 25.6 Å². The molecule has 1 aromatic heterocycles. The second-order valence-corrected chi connectivity index (χ2v) is 7.45. The fourth-order valence-electron chi connectivity index (χ4n) is 4.37. The van der Waals surface area contributed by atoms with Gasteiger partial charge in [-0.25, -0.2) is 0 Å². The minimum Gasteiger partial charge on any atom is -0.355 e. The van der Waals surface area contributed by atoms with Crippen molar-refractivity contribution in [3.8, 4) is 0 Å². The number of hydrogen-bond acceptors (Lipinski definition) is 3. The molecule has 0 amide bonds. The van der Waals surface area contributed by atoms with E-state index in [0.717, 1.165) is 25.6 Å². The van der Waals surface area contributed by atoms with Crippen molar-refractivity contribution in [2.45, 2.75) is 63.5 Å². The molecule has 3 rings (SSSR count). The van der Waals surface area contributed by atoms with Crippen molar-refractivity contribution in [1.29, 1.82) is 0 Å². The number of piperidine rings is 1. The Hall–Kier alpha value is -0.830. The zero-order valence-corrected chi connectivity index (χ0v) is 18.5. The van der Waals surface area contributed by atoms with Crippen LogP contribution in [0.25, 0.3) is 0 Å². The van der Waals surface area contributed by atoms with E-state index in [9.17, 15) is 0 Å². The van der Waals surface area contributed by atoms with Crippen LogP contribution in [0.3, 0.4) is 0 Å². The van der Waals surface area contributed by atoms with Gasteiger partial charge >= 0.3 is 0 Å². The Morgan fingerprint density at radius 2 is 1.81 bits per heavy atom. The van der Waals surface area contributed by atoms with Gasteiger partial charge in [-0.15, -0.1) is 24.0 Å². The predicted octanol–water partition coefficient (Wildman–Crippen LogP) is 2.85.